The Morgan fingerprint density at radius 1 is 1.15 bits per heavy atom. The monoisotopic (exact) mass is 379 g/mol. The molecule has 0 atom stereocenters. The molecule has 26 heavy (non-hydrogen) atoms. The highest BCUT2D eigenvalue weighted by Gasteiger charge is 2.37. The molecule has 6 heteroatoms. The maximum absolute atomic E-state index is 11.4. The van der Waals surface area contributed by atoms with Gasteiger partial charge in [-0.3, -0.25) is 4.99 Å². The Morgan fingerprint density at radius 3 is 2.23 bits per heavy atom. The zero-order valence-corrected chi connectivity index (χ0v) is 17.3. The van der Waals surface area contributed by atoms with Crippen molar-refractivity contribution in [1.29, 1.82) is 0 Å². The van der Waals surface area contributed by atoms with Crippen LogP contribution in [0.5, 0.6) is 0 Å². The van der Waals surface area contributed by atoms with E-state index < -0.39 is 9.84 Å². The number of rotatable bonds is 8. The Morgan fingerprint density at radius 2 is 1.77 bits per heavy atom. The van der Waals surface area contributed by atoms with E-state index in [9.17, 15) is 8.42 Å². The second kappa shape index (κ2) is 8.89. The van der Waals surface area contributed by atoms with Gasteiger partial charge in [0.05, 0.1) is 5.75 Å². The highest BCUT2D eigenvalue weighted by Crippen LogP contribution is 2.45. The van der Waals surface area contributed by atoms with E-state index in [0.717, 1.165) is 29.5 Å². The first-order valence-electron chi connectivity index (χ1n) is 9.41. The Hall–Kier alpha value is -1.56. The molecule has 0 bridgehead atoms. The molecule has 1 aromatic carbocycles. The molecule has 0 aromatic heterocycles. The normalized spacial score (nSPS) is 17.0. The predicted octanol–water partition coefficient (Wildman–Crippen LogP) is 3.11. The number of hydrogen-bond acceptors (Lipinski definition) is 3. The molecule has 1 aromatic rings. The van der Waals surface area contributed by atoms with Crippen LogP contribution in [-0.4, -0.2) is 34.2 Å². The molecule has 0 aliphatic heterocycles. The highest BCUT2D eigenvalue weighted by atomic mass is 32.2. The summed E-state index contributed by atoms with van der Waals surface area (Å²) in [6.45, 7) is 6.22. The zero-order chi connectivity index (χ0) is 19.2. The first-order chi connectivity index (χ1) is 12.2. The van der Waals surface area contributed by atoms with E-state index >= 15 is 0 Å². The number of nitrogens with one attached hydrogen (secondary N) is 2. The summed E-state index contributed by atoms with van der Waals surface area (Å²) in [5.74, 6) is 1.62. The van der Waals surface area contributed by atoms with Gasteiger partial charge in [-0.1, -0.05) is 44.5 Å². The number of sulfone groups is 1. The first-order valence-corrected chi connectivity index (χ1v) is 11.5. The van der Waals surface area contributed by atoms with Crippen molar-refractivity contribution >= 4 is 15.8 Å². The Bertz CT molecular complexity index is 705. The molecular weight excluding hydrogens is 346 g/mol. The smallest absolute Gasteiger partial charge is 0.191 e. The highest BCUT2D eigenvalue weighted by molar-refractivity contribution is 7.89. The van der Waals surface area contributed by atoms with Crippen LogP contribution in [-0.2, 0) is 22.1 Å². The number of nitrogens with zero attached hydrogens (tertiary/aromatic N) is 1. The van der Waals surface area contributed by atoms with Gasteiger partial charge in [0, 0.05) is 26.4 Å². The lowest BCUT2D eigenvalue weighted by Gasteiger charge is -2.43. The van der Waals surface area contributed by atoms with Crippen molar-refractivity contribution in [3.8, 4) is 0 Å². The second-order valence-electron chi connectivity index (χ2n) is 8.12. The van der Waals surface area contributed by atoms with E-state index in [4.69, 9.17) is 0 Å². The average molecular weight is 380 g/mol. The van der Waals surface area contributed by atoms with Crippen LogP contribution in [0.2, 0.25) is 0 Å². The van der Waals surface area contributed by atoms with Gasteiger partial charge in [-0.25, -0.2) is 8.42 Å². The fraction of sp³-hybridized carbons (Fsp3) is 0.650. The van der Waals surface area contributed by atoms with Crippen molar-refractivity contribution in [3.05, 3.63) is 35.4 Å². The fourth-order valence-electron chi connectivity index (χ4n) is 3.73. The SMILES string of the molecule is CN=C(NCc1ccc(CS(C)(=O)=O)cc1)NCC1(CC(C)C)CCC1. The zero-order valence-electron chi connectivity index (χ0n) is 16.5. The third-order valence-electron chi connectivity index (χ3n) is 5.02. The van der Waals surface area contributed by atoms with Crippen LogP contribution in [0.15, 0.2) is 29.3 Å². The number of hydrogen-bond donors (Lipinski definition) is 2. The van der Waals surface area contributed by atoms with E-state index in [1.165, 1.54) is 31.9 Å². The molecule has 146 valence electrons. The summed E-state index contributed by atoms with van der Waals surface area (Å²) in [5, 5.41) is 6.84. The van der Waals surface area contributed by atoms with E-state index in [2.05, 4.69) is 29.5 Å². The van der Waals surface area contributed by atoms with Gasteiger partial charge < -0.3 is 10.6 Å². The Balaban J connectivity index is 1.83. The van der Waals surface area contributed by atoms with Crippen LogP contribution in [0.4, 0.5) is 0 Å². The molecular formula is C20H33N3O2S. The standard InChI is InChI=1S/C20H33N3O2S/c1-16(2)12-20(10-5-11-20)15-23-19(21-3)22-13-17-6-8-18(9-7-17)14-26(4,24)25/h6-9,16H,5,10-15H2,1-4H3,(H2,21,22,23). The third kappa shape index (κ3) is 6.63. The minimum absolute atomic E-state index is 0.0852. The first kappa shape index (κ1) is 20.7. The molecule has 5 nitrogen and oxygen atoms in total. The van der Waals surface area contributed by atoms with Crippen LogP contribution in [0, 0.1) is 11.3 Å². The molecule has 0 unspecified atom stereocenters. The minimum Gasteiger partial charge on any atom is -0.356 e. The lowest BCUT2D eigenvalue weighted by Crippen LogP contribution is -2.46. The van der Waals surface area contributed by atoms with Crippen LogP contribution < -0.4 is 10.6 Å². The summed E-state index contributed by atoms with van der Waals surface area (Å²) in [7, 11) is -1.20. The molecule has 1 aliphatic rings. The molecule has 0 spiro atoms. The van der Waals surface area contributed by atoms with Gasteiger partial charge in [0.15, 0.2) is 15.8 Å². The van der Waals surface area contributed by atoms with Crippen LogP contribution in [0.25, 0.3) is 0 Å². The van der Waals surface area contributed by atoms with Crippen molar-refractivity contribution in [2.45, 2.75) is 51.8 Å². The summed E-state index contributed by atoms with van der Waals surface area (Å²) < 4.78 is 22.7. The molecule has 1 saturated carbocycles. The largest absolute Gasteiger partial charge is 0.356 e. The molecule has 0 saturated heterocycles. The summed E-state index contributed by atoms with van der Waals surface area (Å²) in [6, 6.07) is 7.68. The Labute approximate surface area is 158 Å². The van der Waals surface area contributed by atoms with Gasteiger partial charge in [0.25, 0.3) is 0 Å². The van der Waals surface area contributed by atoms with Crippen molar-refractivity contribution in [3.63, 3.8) is 0 Å². The number of guanidine groups is 1. The van der Waals surface area contributed by atoms with E-state index in [1.807, 2.05) is 24.3 Å². The number of benzene rings is 1. The summed E-state index contributed by atoms with van der Waals surface area (Å²) >= 11 is 0. The molecule has 0 amide bonds. The predicted molar refractivity (Wildman–Crippen MR) is 109 cm³/mol. The average Bonchev–Trinajstić information content (AvgIpc) is 2.52. The van der Waals surface area contributed by atoms with Crippen molar-refractivity contribution in [2.75, 3.05) is 19.8 Å². The quantitative estimate of drug-likeness (QED) is 0.538. The third-order valence-corrected chi connectivity index (χ3v) is 5.88. The Kier molecular flexibility index (Phi) is 7.09. The van der Waals surface area contributed by atoms with Gasteiger partial charge in [-0.05, 0) is 41.7 Å². The molecule has 0 radical (unpaired) electrons. The minimum atomic E-state index is -2.99. The van der Waals surface area contributed by atoms with Gasteiger partial charge in [-0.2, -0.15) is 0 Å². The summed E-state index contributed by atoms with van der Waals surface area (Å²) in [6.07, 6.45) is 6.46. The van der Waals surface area contributed by atoms with Crippen molar-refractivity contribution in [2.24, 2.45) is 16.3 Å². The van der Waals surface area contributed by atoms with Gasteiger partial charge in [0.2, 0.25) is 0 Å². The summed E-state index contributed by atoms with van der Waals surface area (Å²) in [5.41, 5.74) is 2.35. The van der Waals surface area contributed by atoms with Gasteiger partial charge in [0.1, 0.15) is 0 Å². The van der Waals surface area contributed by atoms with Crippen LogP contribution in [0.3, 0.4) is 0 Å². The molecule has 2 N–H and O–H groups in total. The topological polar surface area (TPSA) is 70.6 Å². The van der Waals surface area contributed by atoms with Crippen LogP contribution in [0.1, 0.15) is 50.7 Å². The van der Waals surface area contributed by atoms with Crippen molar-refractivity contribution < 1.29 is 8.42 Å². The molecule has 1 aliphatic carbocycles. The van der Waals surface area contributed by atoms with E-state index in [-0.39, 0.29) is 5.75 Å². The maximum atomic E-state index is 11.4. The molecule has 2 rings (SSSR count). The van der Waals surface area contributed by atoms with E-state index in [0.29, 0.717) is 12.0 Å². The maximum Gasteiger partial charge on any atom is 0.191 e. The molecule has 1 fully saturated rings. The lowest BCUT2D eigenvalue weighted by molar-refractivity contribution is 0.104. The van der Waals surface area contributed by atoms with Gasteiger partial charge in [-0.15, -0.1) is 0 Å². The number of aliphatic imine (C=N–C) groups is 1. The second-order valence-corrected chi connectivity index (χ2v) is 10.3. The lowest BCUT2D eigenvalue weighted by atomic mass is 9.64. The van der Waals surface area contributed by atoms with Gasteiger partial charge >= 0.3 is 0 Å². The van der Waals surface area contributed by atoms with Crippen LogP contribution >= 0.6 is 0 Å². The summed E-state index contributed by atoms with van der Waals surface area (Å²) in [4.78, 5) is 4.32. The molecule has 0 heterocycles. The van der Waals surface area contributed by atoms with E-state index in [1.54, 1.807) is 7.05 Å². The fourth-order valence-corrected chi connectivity index (χ4v) is 4.53. The van der Waals surface area contributed by atoms with Crippen molar-refractivity contribution in [1.82, 2.24) is 10.6 Å².